The van der Waals surface area contributed by atoms with Gasteiger partial charge in [0.1, 0.15) is 11.8 Å². The maximum absolute atomic E-state index is 13.6. The Hall–Kier alpha value is -3.60. The van der Waals surface area contributed by atoms with Crippen LogP contribution in [0.5, 0.6) is 5.75 Å². The summed E-state index contributed by atoms with van der Waals surface area (Å²) < 4.78 is 5.82. The van der Waals surface area contributed by atoms with Crippen LogP contribution in [0, 0.1) is 13.8 Å². The van der Waals surface area contributed by atoms with Gasteiger partial charge in [0, 0.05) is 18.5 Å². The Bertz CT molecular complexity index is 1100. The Balaban J connectivity index is 1.91. The number of hydrogen-bond donors (Lipinski definition) is 1. The summed E-state index contributed by atoms with van der Waals surface area (Å²) in [6.45, 7) is 10.0. The number of carbonyl (C=O) groups excluding carboxylic acids is 2. The third kappa shape index (κ3) is 8.29. The summed E-state index contributed by atoms with van der Waals surface area (Å²) in [7, 11) is 0. The summed E-state index contributed by atoms with van der Waals surface area (Å²) in [4.78, 5) is 28.7. The maximum Gasteiger partial charge on any atom is 0.261 e. The molecule has 1 N–H and O–H groups in total. The molecule has 1 unspecified atom stereocenters. The molecule has 0 aliphatic rings. The molecule has 3 aromatic carbocycles. The molecule has 3 rings (SSSR count). The normalized spacial score (nSPS) is 12.0. The van der Waals surface area contributed by atoms with Crippen LogP contribution in [0.1, 0.15) is 43.0 Å². The molecule has 0 spiro atoms. The molecule has 1 atom stereocenters. The monoisotopic (exact) mass is 472 g/mol. The van der Waals surface area contributed by atoms with E-state index >= 15 is 0 Å². The number of aryl methyl sites for hydroxylation is 2. The van der Waals surface area contributed by atoms with Gasteiger partial charge in [0.05, 0.1) is 0 Å². The highest BCUT2D eigenvalue weighted by Crippen LogP contribution is 2.18. The average Bonchev–Trinajstić information content (AvgIpc) is 2.81. The standard InChI is InChI=1S/C30H36N2O3/c1-22-11-15-25(16-12-22)20-32(28(33)21-35-26-17-13-23(2)14-18-26)27(29(34)31-30(3,4)5)19-24-9-7-6-8-10-24/h6-18,27H,19-21H2,1-5H3,(H,31,34). The van der Waals surface area contributed by atoms with Crippen molar-refractivity contribution in [2.24, 2.45) is 0 Å². The molecule has 3 aromatic rings. The van der Waals surface area contributed by atoms with Gasteiger partial charge < -0.3 is 15.0 Å². The molecule has 0 aliphatic heterocycles. The van der Waals surface area contributed by atoms with Crippen molar-refractivity contribution < 1.29 is 14.3 Å². The molecule has 0 heterocycles. The molecule has 35 heavy (non-hydrogen) atoms. The van der Waals surface area contributed by atoms with E-state index in [1.54, 1.807) is 4.90 Å². The third-order valence-electron chi connectivity index (χ3n) is 5.63. The first-order valence-electron chi connectivity index (χ1n) is 12.0. The second kappa shape index (κ2) is 11.7. The lowest BCUT2D eigenvalue weighted by atomic mass is 10.0. The zero-order valence-electron chi connectivity index (χ0n) is 21.4. The van der Waals surface area contributed by atoms with E-state index in [-0.39, 0.29) is 18.4 Å². The Morgan fingerprint density at radius 3 is 1.97 bits per heavy atom. The Labute approximate surface area is 209 Å². The van der Waals surface area contributed by atoms with E-state index in [1.165, 1.54) is 0 Å². The van der Waals surface area contributed by atoms with Crippen LogP contribution >= 0.6 is 0 Å². The van der Waals surface area contributed by atoms with Crippen molar-refractivity contribution in [2.75, 3.05) is 6.61 Å². The zero-order chi connectivity index (χ0) is 25.4. The second-order valence-electron chi connectivity index (χ2n) is 10.1. The summed E-state index contributed by atoms with van der Waals surface area (Å²) in [6, 6.07) is 24.7. The minimum absolute atomic E-state index is 0.150. The van der Waals surface area contributed by atoms with Crippen LogP contribution in [0.15, 0.2) is 78.9 Å². The lowest BCUT2D eigenvalue weighted by Gasteiger charge is -2.33. The summed E-state index contributed by atoms with van der Waals surface area (Å²) >= 11 is 0. The molecule has 0 radical (unpaired) electrons. The number of nitrogens with one attached hydrogen (secondary N) is 1. The first-order chi connectivity index (χ1) is 16.6. The van der Waals surface area contributed by atoms with Crippen molar-refractivity contribution in [1.82, 2.24) is 10.2 Å². The first-order valence-corrected chi connectivity index (χ1v) is 12.0. The number of hydrogen-bond acceptors (Lipinski definition) is 3. The van der Waals surface area contributed by atoms with Crippen molar-refractivity contribution in [3.05, 3.63) is 101 Å². The van der Waals surface area contributed by atoms with E-state index in [0.717, 1.165) is 22.3 Å². The Kier molecular flexibility index (Phi) is 8.69. The largest absolute Gasteiger partial charge is 0.484 e. The fraction of sp³-hybridized carbons (Fsp3) is 0.333. The van der Waals surface area contributed by atoms with Gasteiger partial charge in [-0.15, -0.1) is 0 Å². The predicted octanol–water partition coefficient (Wildman–Crippen LogP) is 5.24. The maximum atomic E-state index is 13.6. The van der Waals surface area contributed by atoms with Crippen molar-refractivity contribution in [3.8, 4) is 5.75 Å². The van der Waals surface area contributed by atoms with Gasteiger partial charge in [0.2, 0.25) is 5.91 Å². The van der Waals surface area contributed by atoms with Crippen LogP contribution < -0.4 is 10.1 Å². The summed E-state index contributed by atoms with van der Waals surface area (Å²) in [6.07, 6.45) is 0.408. The highest BCUT2D eigenvalue weighted by Gasteiger charge is 2.32. The molecule has 0 saturated heterocycles. The smallest absolute Gasteiger partial charge is 0.261 e. The van der Waals surface area contributed by atoms with Gasteiger partial charge >= 0.3 is 0 Å². The van der Waals surface area contributed by atoms with E-state index < -0.39 is 11.6 Å². The van der Waals surface area contributed by atoms with Crippen molar-refractivity contribution in [2.45, 2.75) is 59.2 Å². The van der Waals surface area contributed by atoms with E-state index in [1.807, 2.05) is 113 Å². The van der Waals surface area contributed by atoms with Crippen LogP contribution in [0.4, 0.5) is 0 Å². The van der Waals surface area contributed by atoms with E-state index in [4.69, 9.17) is 4.74 Å². The van der Waals surface area contributed by atoms with Gasteiger partial charge in [-0.25, -0.2) is 0 Å². The quantitative estimate of drug-likeness (QED) is 0.464. The number of nitrogens with zero attached hydrogens (tertiary/aromatic N) is 1. The number of ether oxygens (including phenoxy) is 1. The molecule has 5 heteroatoms. The predicted molar refractivity (Wildman–Crippen MR) is 140 cm³/mol. The van der Waals surface area contributed by atoms with Crippen molar-refractivity contribution >= 4 is 11.8 Å². The number of amides is 2. The highest BCUT2D eigenvalue weighted by atomic mass is 16.5. The first kappa shape index (κ1) is 26.0. The fourth-order valence-electron chi connectivity index (χ4n) is 3.76. The zero-order valence-corrected chi connectivity index (χ0v) is 21.4. The number of carbonyl (C=O) groups is 2. The Morgan fingerprint density at radius 2 is 1.40 bits per heavy atom. The molecular weight excluding hydrogens is 436 g/mol. The summed E-state index contributed by atoms with van der Waals surface area (Å²) in [5.74, 6) is 0.200. The fourth-order valence-corrected chi connectivity index (χ4v) is 3.76. The SMILES string of the molecule is Cc1ccc(CN(C(=O)COc2ccc(C)cc2)C(Cc2ccccc2)C(=O)NC(C)(C)C)cc1. The average molecular weight is 473 g/mol. The minimum Gasteiger partial charge on any atom is -0.484 e. The number of rotatable bonds is 9. The second-order valence-corrected chi connectivity index (χ2v) is 10.1. The van der Waals surface area contributed by atoms with Crippen LogP contribution in [-0.4, -0.2) is 34.9 Å². The van der Waals surface area contributed by atoms with Crippen LogP contribution in [0.3, 0.4) is 0 Å². The van der Waals surface area contributed by atoms with Gasteiger partial charge in [-0.3, -0.25) is 9.59 Å². The third-order valence-corrected chi connectivity index (χ3v) is 5.63. The molecule has 0 fully saturated rings. The van der Waals surface area contributed by atoms with E-state index in [2.05, 4.69) is 5.32 Å². The van der Waals surface area contributed by atoms with Crippen LogP contribution in [0.2, 0.25) is 0 Å². The molecule has 184 valence electrons. The van der Waals surface area contributed by atoms with Gasteiger partial charge in [0.15, 0.2) is 6.61 Å². The van der Waals surface area contributed by atoms with Gasteiger partial charge in [0.25, 0.3) is 5.91 Å². The summed E-state index contributed by atoms with van der Waals surface area (Å²) in [5, 5.41) is 3.08. The molecule has 0 aromatic heterocycles. The number of benzene rings is 3. The molecule has 0 bridgehead atoms. The lowest BCUT2D eigenvalue weighted by molar-refractivity contribution is -0.143. The highest BCUT2D eigenvalue weighted by molar-refractivity contribution is 5.89. The minimum atomic E-state index is -0.688. The van der Waals surface area contributed by atoms with Gasteiger partial charge in [-0.05, 0) is 57.9 Å². The van der Waals surface area contributed by atoms with Crippen LogP contribution in [0.25, 0.3) is 0 Å². The molecule has 2 amide bonds. The topological polar surface area (TPSA) is 58.6 Å². The lowest BCUT2D eigenvalue weighted by Crippen LogP contribution is -2.55. The van der Waals surface area contributed by atoms with Gasteiger partial charge in [-0.2, -0.15) is 0 Å². The van der Waals surface area contributed by atoms with E-state index in [0.29, 0.717) is 18.7 Å². The Morgan fingerprint density at radius 1 is 0.829 bits per heavy atom. The van der Waals surface area contributed by atoms with Crippen LogP contribution in [-0.2, 0) is 22.6 Å². The van der Waals surface area contributed by atoms with Crippen molar-refractivity contribution in [3.63, 3.8) is 0 Å². The van der Waals surface area contributed by atoms with E-state index in [9.17, 15) is 9.59 Å². The molecule has 5 nitrogen and oxygen atoms in total. The molecule has 0 aliphatic carbocycles. The van der Waals surface area contributed by atoms with Crippen molar-refractivity contribution in [1.29, 1.82) is 0 Å². The van der Waals surface area contributed by atoms with Gasteiger partial charge in [-0.1, -0.05) is 77.9 Å². The molecule has 0 saturated carbocycles. The molecular formula is C30H36N2O3. The summed E-state index contributed by atoms with van der Waals surface area (Å²) in [5.41, 5.74) is 3.78.